The molecule has 198 valence electrons. The van der Waals surface area contributed by atoms with Gasteiger partial charge < -0.3 is 0 Å². The number of hydrogen-bond acceptors (Lipinski definition) is 7. The molecule has 1 heterocycles. The monoisotopic (exact) mass is 545 g/mol. The molecule has 39 heavy (non-hydrogen) atoms. The molecule has 0 radical (unpaired) electrons. The number of piperidine rings is 1. The van der Waals surface area contributed by atoms with Crippen molar-refractivity contribution in [3.8, 4) is 0 Å². The lowest BCUT2D eigenvalue weighted by Crippen LogP contribution is -2.52. The van der Waals surface area contributed by atoms with Gasteiger partial charge in [-0.1, -0.05) is 18.2 Å². The number of non-ortho nitro benzene ring substituents is 2. The van der Waals surface area contributed by atoms with Gasteiger partial charge in [0.2, 0.25) is 10.0 Å². The minimum Gasteiger partial charge on any atom is -0.289 e. The minimum absolute atomic E-state index is 0.0648. The van der Waals surface area contributed by atoms with Crippen molar-refractivity contribution >= 4 is 39.3 Å². The Balaban J connectivity index is 1.49. The third kappa shape index (κ3) is 4.77. The molecule has 1 aliphatic carbocycles. The summed E-state index contributed by atoms with van der Waals surface area (Å²) in [6.07, 6.45) is 4.14. The lowest BCUT2D eigenvalue weighted by Gasteiger charge is -2.50. The van der Waals surface area contributed by atoms with Crippen LogP contribution in [-0.2, 0) is 14.8 Å². The molecule has 3 aromatic rings. The van der Waals surface area contributed by atoms with Crippen LogP contribution in [-0.4, -0.2) is 41.4 Å². The number of rotatable bonds is 6. The van der Waals surface area contributed by atoms with Crippen molar-refractivity contribution in [3.05, 3.63) is 121 Å². The Kier molecular flexibility index (Phi) is 6.71. The van der Waals surface area contributed by atoms with Crippen LogP contribution in [0, 0.1) is 25.6 Å². The van der Waals surface area contributed by atoms with Gasteiger partial charge in [0, 0.05) is 53.9 Å². The lowest BCUT2D eigenvalue weighted by atomic mass is 9.54. The van der Waals surface area contributed by atoms with E-state index in [2.05, 4.69) is 0 Å². The van der Waals surface area contributed by atoms with Gasteiger partial charge in [0.25, 0.3) is 11.4 Å². The SMILES string of the molecule is O=C1/C(=C/c2ccc([N+](=O)[O-])cc2)C2(CCN(S(=O)(=O)c3ccccc3)CC2)/C1=C\c1ccc([N+](=O)[O-])cc1. The van der Waals surface area contributed by atoms with Gasteiger partial charge in [0.05, 0.1) is 14.7 Å². The summed E-state index contributed by atoms with van der Waals surface area (Å²) in [6, 6.07) is 19.9. The van der Waals surface area contributed by atoms with Crippen LogP contribution in [0.25, 0.3) is 12.2 Å². The smallest absolute Gasteiger partial charge is 0.269 e. The molecule has 0 bridgehead atoms. The molecule has 2 fully saturated rings. The molecule has 0 N–H and O–H groups in total. The van der Waals surface area contributed by atoms with E-state index in [-0.39, 0.29) is 35.1 Å². The number of benzene rings is 3. The van der Waals surface area contributed by atoms with Gasteiger partial charge in [-0.05, 0) is 72.5 Å². The first kappa shape index (κ1) is 26.1. The van der Waals surface area contributed by atoms with Crippen molar-refractivity contribution in [1.29, 1.82) is 0 Å². The zero-order chi connectivity index (χ0) is 27.8. The number of carbonyl (C=O) groups is 1. The number of ketones is 1. The largest absolute Gasteiger partial charge is 0.289 e. The second kappa shape index (κ2) is 10.0. The lowest BCUT2D eigenvalue weighted by molar-refractivity contribution is -0.385. The molecule has 1 saturated carbocycles. The van der Waals surface area contributed by atoms with Gasteiger partial charge in [0.15, 0.2) is 5.78 Å². The summed E-state index contributed by atoms with van der Waals surface area (Å²) < 4.78 is 27.8. The highest BCUT2D eigenvalue weighted by Crippen LogP contribution is 2.56. The molecule has 0 amide bonds. The van der Waals surface area contributed by atoms with E-state index in [1.54, 1.807) is 66.7 Å². The van der Waals surface area contributed by atoms with E-state index in [0.29, 0.717) is 35.1 Å². The van der Waals surface area contributed by atoms with Crippen LogP contribution in [0.5, 0.6) is 0 Å². The zero-order valence-corrected chi connectivity index (χ0v) is 21.4. The highest BCUT2D eigenvalue weighted by atomic mass is 32.2. The molecule has 0 unspecified atom stereocenters. The summed E-state index contributed by atoms with van der Waals surface area (Å²) in [7, 11) is -3.71. The standard InChI is InChI=1S/C28H23N3O7S/c32-27-25(18-20-6-10-22(11-7-20)30(33)34)28(26(27)19-21-8-12-23(13-9-21)31(35)36)14-16-29(17-15-28)39(37,38)24-4-2-1-3-5-24/h1-13,18-19H,14-17H2/b25-18-,26-19-. The van der Waals surface area contributed by atoms with E-state index in [9.17, 15) is 33.4 Å². The van der Waals surface area contributed by atoms with Gasteiger partial charge in [-0.2, -0.15) is 4.31 Å². The Hall–Kier alpha value is -4.48. The van der Waals surface area contributed by atoms with Crippen molar-refractivity contribution < 1.29 is 23.1 Å². The fraction of sp³-hybridized carbons (Fsp3) is 0.179. The molecular weight excluding hydrogens is 522 g/mol. The van der Waals surface area contributed by atoms with Crippen LogP contribution in [0.4, 0.5) is 11.4 Å². The van der Waals surface area contributed by atoms with Crippen molar-refractivity contribution in [2.45, 2.75) is 17.7 Å². The number of sulfonamides is 1. The van der Waals surface area contributed by atoms with E-state index in [0.717, 1.165) is 0 Å². The first-order valence-corrected chi connectivity index (χ1v) is 13.6. The Morgan fingerprint density at radius 1 is 0.718 bits per heavy atom. The number of nitro groups is 2. The van der Waals surface area contributed by atoms with Crippen molar-refractivity contribution in [2.24, 2.45) is 5.41 Å². The second-order valence-electron chi connectivity index (χ2n) is 9.44. The number of hydrogen-bond donors (Lipinski definition) is 0. The molecule has 5 rings (SSSR count). The summed E-state index contributed by atoms with van der Waals surface area (Å²) in [5, 5.41) is 22.0. The molecule has 10 nitrogen and oxygen atoms in total. The van der Waals surface area contributed by atoms with E-state index in [4.69, 9.17) is 0 Å². The first-order valence-electron chi connectivity index (χ1n) is 12.1. The van der Waals surface area contributed by atoms with E-state index in [1.165, 1.54) is 28.6 Å². The number of nitrogens with zero attached hydrogens (tertiary/aromatic N) is 3. The number of allylic oxidation sites excluding steroid dienone is 2. The van der Waals surface area contributed by atoms with Gasteiger partial charge in [-0.25, -0.2) is 8.42 Å². The average Bonchev–Trinajstić information content (AvgIpc) is 2.95. The predicted octanol–water partition coefficient (Wildman–Crippen LogP) is 5.02. The van der Waals surface area contributed by atoms with Gasteiger partial charge in [-0.3, -0.25) is 25.0 Å². The maximum atomic E-state index is 13.4. The molecule has 1 aliphatic heterocycles. The van der Waals surface area contributed by atoms with Crippen LogP contribution >= 0.6 is 0 Å². The molecule has 2 aliphatic rings. The normalized spacial score (nSPS) is 19.2. The van der Waals surface area contributed by atoms with Crippen LogP contribution in [0.15, 0.2) is 94.9 Å². The number of nitro benzene ring substituents is 2. The molecule has 0 aromatic heterocycles. The van der Waals surface area contributed by atoms with Gasteiger partial charge in [-0.15, -0.1) is 0 Å². The van der Waals surface area contributed by atoms with E-state index in [1.807, 2.05) is 0 Å². The Morgan fingerprint density at radius 2 is 1.15 bits per heavy atom. The summed E-state index contributed by atoms with van der Waals surface area (Å²) in [4.78, 5) is 34.7. The molecule has 1 spiro atoms. The Labute approximate surface area is 224 Å². The van der Waals surface area contributed by atoms with Gasteiger partial charge >= 0.3 is 0 Å². The number of Topliss-reactive ketones (excluding diaryl/α,β-unsaturated/α-hetero) is 1. The van der Waals surface area contributed by atoms with Gasteiger partial charge in [0.1, 0.15) is 0 Å². The molecule has 3 aromatic carbocycles. The summed E-state index contributed by atoms with van der Waals surface area (Å²) in [5.41, 5.74) is 1.43. The zero-order valence-electron chi connectivity index (χ0n) is 20.6. The summed E-state index contributed by atoms with van der Waals surface area (Å²) >= 11 is 0. The van der Waals surface area contributed by atoms with Crippen LogP contribution in [0.3, 0.4) is 0 Å². The fourth-order valence-corrected chi connectivity index (χ4v) is 6.64. The Morgan fingerprint density at radius 3 is 1.56 bits per heavy atom. The van der Waals surface area contributed by atoms with Crippen LogP contribution in [0.1, 0.15) is 24.0 Å². The fourth-order valence-electron chi connectivity index (χ4n) is 5.18. The quantitative estimate of drug-likeness (QED) is 0.240. The topological polar surface area (TPSA) is 141 Å². The van der Waals surface area contributed by atoms with Crippen molar-refractivity contribution in [3.63, 3.8) is 0 Å². The van der Waals surface area contributed by atoms with Crippen LogP contribution in [0.2, 0.25) is 0 Å². The highest BCUT2D eigenvalue weighted by Gasteiger charge is 2.55. The second-order valence-corrected chi connectivity index (χ2v) is 11.4. The highest BCUT2D eigenvalue weighted by molar-refractivity contribution is 7.89. The third-order valence-electron chi connectivity index (χ3n) is 7.31. The first-order chi connectivity index (χ1) is 18.6. The van der Waals surface area contributed by atoms with Crippen molar-refractivity contribution in [2.75, 3.05) is 13.1 Å². The minimum atomic E-state index is -3.71. The maximum Gasteiger partial charge on any atom is 0.269 e. The molecular formula is C28H23N3O7S. The molecule has 11 heteroatoms. The average molecular weight is 546 g/mol. The molecule has 1 saturated heterocycles. The summed E-state index contributed by atoms with van der Waals surface area (Å²) in [5.74, 6) is -0.203. The third-order valence-corrected chi connectivity index (χ3v) is 9.22. The van der Waals surface area contributed by atoms with Crippen molar-refractivity contribution in [1.82, 2.24) is 4.31 Å². The van der Waals surface area contributed by atoms with E-state index >= 15 is 0 Å². The predicted molar refractivity (Wildman–Crippen MR) is 144 cm³/mol. The van der Waals surface area contributed by atoms with E-state index < -0.39 is 25.3 Å². The molecule has 0 atom stereocenters. The maximum absolute atomic E-state index is 13.4. The summed E-state index contributed by atoms with van der Waals surface area (Å²) in [6.45, 7) is 0.388. The number of carbonyl (C=O) groups excluding carboxylic acids is 1. The van der Waals surface area contributed by atoms with Crippen LogP contribution < -0.4 is 0 Å². The Bertz CT molecular complexity index is 1540.